The van der Waals surface area contributed by atoms with E-state index < -0.39 is 16.9 Å². The minimum absolute atomic E-state index is 0.219. The van der Waals surface area contributed by atoms with E-state index in [1.54, 1.807) is 30.5 Å². The van der Waals surface area contributed by atoms with Crippen LogP contribution in [-0.2, 0) is 0 Å². The number of anilines is 4. The Hall–Kier alpha value is -4.14. The molecule has 1 aromatic heterocycles. The predicted molar refractivity (Wildman–Crippen MR) is 112 cm³/mol. The Balaban J connectivity index is 1.55. The number of nitrogens with one attached hydrogen (secondary N) is 4. The average Bonchev–Trinajstić information content (AvgIpc) is 3.17. The smallest absolute Gasteiger partial charge is 0.316 e. The lowest BCUT2D eigenvalue weighted by molar-refractivity contribution is 0.259. The standard InChI is InChI=1S/C20H18N6O3/c1-10(11-3-2-4-13(7-11)25-20(21)29)23-16-17(19(28)18(16)27)24-14-5-6-15-12(8-14)9-22-26-15/h2-10,23-24H,1H3,(H,22,26)(H3,21,25,29). The van der Waals surface area contributed by atoms with Crippen molar-refractivity contribution in [2.24, 2.45) is 5.73 Å². The molecule has 0 spiro atoms. The Morgan fingerprint density at radius 3 is 2.66 bits per heavy atom. The number of nitrogens with two attached hydrogens (primary N) is 1. The molecule has 29 heavy (non-hydrogen) atoms. The molecule has 0 aliphatic carbocycles. The summed E-state index contributed by atoms with van der Waals surface area (Å²) in [7, 11) is 0. The fourth-order valence-electron chi connectivity index (χ4n) is 3.14. The lowest BCUT2D eigenvalue weighted by atomic mass is 10.1. The van der Waals surface area contributed by atoms with Gasteiger partial charge in [0.25, 0.3) is 10.9 Å². The quantitative estimate of drug-likeness (QED) is 0.320. The average molecular weight is 390 g/mol. The van der Waals surface area contributed by atoms with Crippen LogP contribution < -0.4 is 32.5 Å². The van der Waals surface area contributed by atoms with E-state index in [0.717, 1.165) is 16.5 Å². The lowest BCUT2D eigenvalue weighted by Gasteiger charge is -2.20. The number of carbonyl (C=O) groups is 1. The van der Waals surface area contributed by atoms with Gasteiger partial charge in [-0.2, -0.15) is 5.10 Å². The topological polar surface area (TPSA) is 142 Å². The van der Waals surface area contributed by atoms with E-state index in [0.29, 0.717) is 11.4 Å². The first-order valence-corrected chi connectivity index (χ1v) is 8.89. The molecule has 4 aromatic rings. The Morgan fingerprint density at radius 2 is 1.86 bits per heavy atom. The van der Waals surface area contributed by atoms with Crippen LogP contribution in [0.25, 0.3) is 10.9 Å². The molecule has 0 radical (unpaired) electrons. The molecular formula is C20H18N6O3. The van der Waals surface area contributed by atoms with Gasteiger partial charge in [0, 0.05) is 22.8 Å². The molecule has 1 atom stereocenters. The molecule has 1 heterocycles. The van der Waals surface area contributed by atoms with Crippen molar-refractivity contribution in [3.05, 3.63) is 74.7 Å². The second-order valence-corrected chi connectivity index (χ2v) is 6.69. The third kappa shape index (κ3) is 3.53. The van der Waals surface area contributed by atoms with Gasteiger partial charge in [0.2, 0.25) is 0 Å². The van der Waals surface area contributed by atoms with Crippen molar-refractivity contribution in [2.45, 2.75) is 13.0 Å². The lowest BCUT2D eigenvalue weighted by Crippen LogP contribution is -2.37. The van der Waals surface area contributed by atoms with Gasteiger partial charge in [0.05, 0.1) is 11.7 Å². The first kappa shape index (κ1) is 18.2. The highest BCUT2D eigenvalue weighted by Gasteiger charge is 2.23. The second kappa shape index (κ2) is 7.12. The minimum Gasteiger partial charge on any atom is -0.373 e. The third-order valence-corrected chi connectivity index (χ3v) is 4.63. The zero-order valence-corrected chi connectivity index (χ0v) is 15.4. The summed E-state index contributed by atoms with van der Waals surface area (Å²) in [5.41, 5.74) is 7.35. The van der Waals surface area contributed by atoms with E-state index in [1.165, 1.54) is 0 Å². The second-order valence-electron chi connectivity index (χ2n) is 6.69. The number of urea groups is 1. The molecule has 3 aromatic carbocycles. The first-order valence-electron chi connectivity index (χ1n) is 8.89. The van der Waals surface area contributed by atoms with Crippen LogP contribution in [-0.4, -0.2) is 16.2 Å². The van der Waals surface area contributed by atoms with Crippen molar-refractivity contribution in [1.82, 2.24) is 10.2 Å². The fraction of sp³-hybridized carbons (Fsp3) is 0.100. The number of carbonyl (C=O) groups excluding carboxylic acids is 1. The van der Waals surface area contributed by atoms with Crippen LogP contribution in [0.4, 0.5) is 27.5 Å². The summed E-state index contributed by atoms with van der Waals surface area (Å²) in [4.78, 5) is 35.2. The number of aromatic amines is 1. The Bertz CT molecular complexity index is 1290. The number of hydrogen-bond acceptors (Lipinski definition) is 6. The summed E-state index contributed by atoms with van der Waals surface area (Å²) in [6.07, 6.45) is 1.68. The number of hydrogen-bond donors (Lipinski definition) is 5. The highest BCUT2D eigenvalue weighted by molar-refractivity contribution is 5.88. The zero-order chi connectivity index (χ0) is 20.5. The number of primary amides is 1. The van der Waals surface area contributed by atoms with Crippen LogP contribution in [0.2, 0.25) is 0 Å². The number of fused-ring (bicyclic) bond motifs is 1. The van der Waals surface area contributed by atoms with Crippen LogP contribution >= 0.6 is 0 Å². The Morgan fingerprint density at radius 1 is 1.07 bits per heavy atom. The molecule has 0 bridgehead atoms. The highest BCUT2D eigenvalue weighted by atomic mass is 16.2. The summed E-state index contributed by atoms with van der Waals surface area (Å²) in [6, 6.07) is 11.6. The molecule has 0 fully saturated rings. The van der Waals surface area contributed by atoms with Crippen molar-refractivity contribution >= 4 is 39.7 Å². The van der Waals surface area contributed by atoms with Gasteiger partial charge in [-0.1, -0.05) is 12.1 Å². The first-order chi connectivity index (χ1) is 13.9. The number of amides is 2. The van der Waals surface area contributed by atoms with Crippen LogP contribution in [0, 0.1) is 0 Å². The summed E-state index contributed by atoms with van der Waals surface area (Å²) in [5.74, 6) is 0. The van der Waals surface area contributed by atoms with Crippen molar-refractivity contribution in [1.29, 1.82) is 0 Å². The normalized spacial score (nSPS) is 12.0. The number of H-pyrrole nitrogens is 1. The fourth-order valence-corrected chi connectivity index (χ4v) is 3.14. The summed E-state index contributed by atoms with van der Waals surface area (Å²) in [5, 5.41) is 16.3. The maximum atomic E-state index is 12.1. The van der Waals surface area contributed by atoms with E-state index in [1.807, 2.05) is 25.1 Å². The van der Waals surface area contributed by atoms with Gasteiger partial charge >= 0.3 is 6.03 Å². The van der Waals surface area contributed by atoms with E-state index in [2.05, 4.69) is 26.1 Å². The summed E-state index contributed by atoms with van der Waals surface area (Å²) in [6.45, 7) is 1.85. The van der Waals surface area contributed by atoms with Crippen molar-refractivity contribution < 1.29 is 4.79 Å². The molecule has 0 aliphatic heterocycles. The Kier molecular flexibility index (Phi) is 4.47. The zero-order valence-electron chi connectivity index (χ0n) is 15.4. The molecule has 0 aliphatic rings. The van der Waals surface area contributed by atoms with E-state index in [4.69, 9.17) is 5.73 Å². The molecule has 0 saturated heterocycles. The predicted octanol–water partition coefficient (Wildman–Crippen LogP) is 2.57. The molecule has 1 unspecified atom stereocenters. The van der Waals surface area contributed by atoms with E-state index in [9.17, 15) is 14.4 Å². The molecule has 0 saturated carbocycles. The highest BCUT2D eigenvalue weighted by Crippen LogP contribution is 2.27. The van der Waals surface area contributed by atoms with Gasteiger partial charge in [-0.15, -0.1) is 0 Å². The van der Waals surface area contributed by atoms with Crippen LogP contribution in [0.1, 0.15) is 18.5 Å². The van der Waals surface area contributed by atoms with Gasteiger partial charge in [0.1, 0.15) is 11.4 Å². The van der Waals surface area contributed by atoms with Crippen molar-refractivity contribution in [3.8, 4) is 0 Å². The summed E-state index contributed by atoms with van der Waals surface area (Å²) < 4.78 is 0. The van der Waals surface area contributed by atoms with Gasteiger partial charge in [-0.3, -0.25) is 14.7 Å². The Labute approximate surface area is 164 Å². The molecule has 2 amide bonds. The molecule has 146 valence electrons. The molecular weight excluding hydrogens is 372 g/mol. The van der Waals surface area contributed by atoms with Crippen LogP contribution in [0.15, 0.2) is 58.3 Å². The van der Waals surface area contributed by atoms with E-state index in [-0.39, 0.29) is 17.4 Å². The third-order valence-electron chi connectivity index (χ3n) is 4.63. The number of nitrogens with zero attached hydrogens (tertiary/aromatic N) is 1. The van der Waals surface area contributed by atoms with Crippen LogP contribution in [0.3, 0.4) is 0 Å². The summed E-state index contributed by atoms with van der Waals surface area (Å²) >= 11 is 0. The van der Waals surface area contributed by atoms with Crippen molar-refractivity contribution in [2.75, 3.05) is 16.0 Å². The largest absolute Gasteiger partial charge is 0.373 e. The van der Waals surface area contributed by atoms with Gasteiger partial charge in [-0.05, 0) is 42.8 Å². The number of aromatic nitrogens is 2. The molecule has 4 rings (SSSR count). The monoisotopic (exact) mass is 390 g/mol. The van der Waals surface area contributed by atoms with E-state index >= 15 is 0 Å². The van der Waals surface area contributed by atoms with Gasteiger partial charge in [0.15, 0.2) is 0 Å². The molecule has 9 heteroatoms. The SMILES string of the molecule is CC(Nc1c(Nc2ccc3[nH]ncc3c2)c(=O)c1=O)c1cccc(NC(N)=O)c1. The van der Waals surface area contributed by atoms with Crippen molar-refractivity contribution in [3.63, 3.8) is 0 Å². The number of rotatable bonds is 6. The minimum atomic E-state index is -0.661. The van der Waals surface area contributed by atoms with Gasteiger partial charge < -0.3 is 21.7 Å². The number of benzene rings is 2. The molecule has 9 nitrogen and oxygen atoms in total. The maximum Gasteiger partial charge on any atom is 0.316 e. The van der Waals surface area contributed by atoms with Gasteiger partial charge in [-0.25, -0.2) is 4.79 Å². The van der Waals surface area contributed by atoms with Crippen LogP contribution in [0.5, 0.6) is 0 Å². The molecule has 6 N–H and O–H groups in total. The maximum absolute atomic E-state index is 12.1.